The van der Waals surface area contributed by atoms with E-state index in [2.05, 4.69) is 17.9 Å². The predicted octanol–water partition coefficient (Wildman–Crippen LogP) is 1.73. The quantitative estimate of drug-likeness (QED) is 0.645. The standard InChI is InChI=1S/C11H22N2OS/c1-4-13(10-11(2,3)14)7-5-8-15-9-6-12/h14H,4-5,7-10H2,1-3H3. The topological polar surface area (TPSA) is 47.3 Å². The number of rotatable bonds is 8. The number of aliphatic hydroxyl groups is 1. The lowest BCUT2D eigenvalue weighted by molar-refractivity contribution is 0.0380. The molecule has 0 heterocycles. The van der Waals surface area contributed by atoms with E-state index in [4.69, 9.17) is 5.26 Å². The SMILES string of the molecule is CCN(CCCSCC#N)CC(C)(C)O. The van der Waals surface area contributed by atoms with Gasteiger partial charge in [-0.05, 0) is 39.1 Å². The molecule has 88 valence electrons. The highest BCUT2D eigenvalue weighted by Gasteiger charge is 2.16. The van der Waals surface area contributed by atoms with Gasteiger partial charge in [0.2, 0.25) is 0 Å². The largest absolute Gasteiger partial charge is 0.389 e. The summed E-state index contributed by atoms with van der Waals surface area (Å²) < 4.78 is 0. The molecule has 0 bridgehead atoms. The maximum atomic E-state index is 9.67. The summed E-state index contributed by atoms with van der Waals surface area (Å²) in [6.45, 7) is 8.45. The number of likely N-dealkylation sites (N-methyl/N-ethyl adjacent to an activating group) is 1. The van der Waals surface area contributed by atoms with Crippen LogP contribution < -0.4 is 0 Å². The van der Waals surface area contributed by atoms with Crippen LogP contribution in [0.4, 0.5) is 0 Å². The monoisotopic (exact) mass is 230 g/mol. The van der Waals surface area contributed by atoms with Gasteiger partial charge in [0.25, 0.3) is 0 Å². The van der Waals surface area contributed by atoms with Gasteiger partial charge in [-0.2, -0.15) is 5.26 Å². The zero-order valence-electron chi connectivity index (χ0n) is 9.99. The highest BCUT2D eigenvalue weighted by Crippen LogP contribution is 2.07. The Labute approximate surface area is 97.5 Å². The normalized spacial score (nSPS) is 11.7. The fraction of sp³-hybridized carbons (Fsp3) is 0.909. The Morgan fingerprint density at radius 1 is 1.47 bits per heavy atom. The van der Waals surface area contributed by atoms with Gasteiger partial charge in [-0.3, -0.25) is 0 Å². The molecule has 0 aliphatic carbocycles. The molecule has 0 radical (unpaired) electrons. The molecule has 3 nitrogen and oxygen atoms in total. The first-order chi connectivity index (χ1) is 6.99. The van der Waals surface area contributed by atoms with Gasteiger partial charge < -0.3 is 10.0 Å². The van der Waals surface area contributed by atoms with Gasteiger partial charge in [-0.25, -0.2) is 0 Å². The van der Waals surface area contributed by atoms with Gasteiger partial charge in [0.15, 0.2) is 0 Å². The van der Waals surface area contributed by atoms with E-state index in [-0.39, 0.29) is 0 Å². The molecule has 0 aliphatic heterocycles. The van der Waals surface area contributed by atoms with Crippen molar-refractivity contribution in [3.8, 4) is 6.07 Å². The van der Waals surface area contributed by atoms with Gasteiger partial charge in [-0.1, -0.05) is 6.92 Å². The Kier molecular flexibility index (Phi) is 7.85. The lowest BCUT2D eigenvalue weighted by Gasteiger charge is -2.27. The van der Waals surface area contributed by atoms with Gasteiger partial charge in [0.1, 0.15) is 0 Å². The third kappa shape index (κ3) is 10.1. The Balaban J connectivity index is 3.59. The van der Waals surface area contributed by atoms with Gasteiger partial charge >= 0.3 is 0 Å². The molecular weight excluding hydrogens is 208 g/mol. The number of hydrogen-bond acceptors (Lipinski definition) is 4. The Morgan fingerprint density at radius 2 is 2.13 bits per heavy atom. The van der Waals surface area contributed by atoms with Crippen LogP contribution in [0.2, 0.25) is 0 Å². The van der Waals surface area contributed by atoms with Crippen molar-refractivity contribution in [3.63, 3.8) is 0 Å². The molecule has 0 aromatic rings. The van der Waals surface area contributed by atoms with Crippen molar-refractivity contribution in [2.24, 2.45) is 0 Å². The summed E-state index contributed by atoms with van der Waals surface area (Å²) in [5.41, 5.74) is -0.615. The molecule has 4 heteroatoms. The Morgan fingerprint density at radius 3 is 2.60 bits per heavy atom. The van der Waals surface area contributed by atoms with Crippen molar-refractivity contribution in [1.29, 1.82) is 5.26 Å². The molecule has 0 saturated carbocycles. The first-order valence-corrected chi connectivity index (χ1v) is 6.54. The van der Waals surface area contributed by atoms with Crippen molar-refractivity contribution < 1.29 is 5.11 Å². The van der Waals surface area contributed by atoms with E-state index < -0.39 is 5.60 Å². The molecule has 0 aromatic carbocycles. The third-order valence-electron chi connectivity index (χ3n) is 1.99. The van der Waals surface area contributed by atoms with Crippen molar-refractivity contribution in [2.75, 3.05) is 31.1 Å². The zero-order valence-corrected chi connectivity index (χ0v) is 10.8. The summed E-state index contributed by atoms with van der Waals surface area (Å²) in [6.07, 6.45) is 1.08. The van der Waals surface area contributed by atoms with Crippen LogP contribution in [0.15, 0.2) is 0 Å². The highest BCUT2D eigenvalue weighted by molar-refractivity contribution is 7.99. The van der Waals surface area contributed by atoms with Crippen molar-refractivity contribution in [2.45, 2.75) is 32.8 Å². The molecular formula is C11H22N2OS. The molecule has 0 rings (SSSR count). The van der Waals surface area contributed by atoms with E-state index in [1.165, 1.54) is 0 Å². The lowest BCUT2D eigenvalue weighted by Crippen LogP contribution is -2.39. The fourth-order valence-electron chi connectivity index (χ4n) is 1.40. The van der Waals surface area contributed by atoms with Crippen molar-refractivity contribution >= 4 is 11.8 Å². The summed E-state index contributed by atoms with van der Waals surface area (Å²) in [5, 5.41) is 18.0. The van der Waals surface area contributed by atoms with Crippen LogP contribution in [-0.4, -0.2) is 46.7 Å². The molecule has 15 heavy (non-hydrogen) atoms. The molecule has 0 spiro atoms. The van der Waals surface area contributed by atoms with E-state index >= 15 is 0 Å². The average molecular weight is 230 g/mol. The summed E-state index contributed by atoms with van der Waals surface area (Å²) in [5.74, 6) is 1.60. The Bertz CT molecular complexity index is 196. The zero-order chi connectivity index (χ0) is 11.7. The van der Waals surface area contributed by atoms with E-state index in [1.54, 1.807) is 11.8 Å². The van der Waals surface area contributed by atoms with Gasteiger partial charge in [-0.15, -0.1) is 11.8 Å². The van der Waals surface area contributed by atoms with Crippen molar-refractivity contribution in [1.82, 2.24) is 4.90 Å². The van der Waals surface area contributed by atoms with E-state index in [1.807, 2.05) is 13.8 Å². The molecule has 0 aliphatic rings. The van der Waals surface area contributed by atoms with Crippen LogP contribution >= 0.6 is 11.8 Å². The van der Waals surface area contributed by atoms with Crippen LogP contribution in [0.1, 0.15) is 27.2 Å². The molecule has 0 unspecified atom stereocenters. The van der Waals surface area contributed by atoms with Crippen LogP contribution in [0.5, 0.6) is 0 Å². The number of nitriles is 1. The van der Waals surface area contributed by atoms with Crippen LogP contribution in [-0.2, 0) is 0 Å². The van der Waals surface area contributed by atoms with E-state index in [0.29, 0.717) is 12.3 Å². The molecule has 0 atom stereocenters. The van der Waals surface area contributed by atoms with Gasteiger partial charge in [0, 0.05) is 6.54 Å². The lowest BCUT2D eigenvalue weighted by atomic mass is 10.1. The molecule has 0 saturated heterocycles. The predicted molar refractivity (Wildman–Crippen MR) is 66.0 cm³/mol. The minimum atomic E-state index is -0.615. The maximum absolute atomic E-state index is 9.67. The average Bonchev–Trinajstić information content (AvgIpc) is 2.14. The number of nitrogens with zero attached hydrogens (tertiary/aromatic N) is 2. The fourth-order valence-corrected chi connectivity index (χ4v) is 1.97. The summed E-state index contributed by atoms with van der Waals surface area (Å²) in [7, 11) is 0. The van der Waals surface area contributed by atoms with E-state index in [9.17, 15) is 5.11 Å². The number of hydrogen-bond donors (Lipinski definition) is 1. The molecule has 0 fully saturated rings. The molecule has 0 amide bonds. The summed E-state index contributed by atoms with van der Waals surface area (Å²) >= 11 is 1.67. The van der Waals surface area contributed by atoms with Gasteiger partial charge in [0.05, 0.1) is 17.4 Å². The number of thioether (sulfide) groups is 1. The third-order valence-corrected chi connectivity index (χ3v) is 2.90. The minimum Gasteiger partial charge on any atom is -0.389 e. The summed E-state index contributed by atoms with van der Waals surface area (Å²) in [6, 6.07) is 2.12. The first kappa shape index (κ1) is 14.8. The smallest absolute Gasteiger partial charge is 0.0808 e. The molecule has 0 aromatic heterocycles. The second kappa shape index (κ2) is 7.98. The van der Waals surface area contributed by atoms with Crippen LogP contribution in [0.3, 0.4) is 0 Å². The Hall–Kier alpha value is -0.240. The minimum absolute atomic E-state index is 0.581. The van der Waals surface area contributed by atoms with E-state index in [0.717, 1.165) is 25.3 Å². The highest BCUT2D eigenvalue weighted by atomic mass is 32.2. The second-order valence-corrected chi connectivity index (χ2v) is 5.35. The van der Waals surface area contributed by atoms with Crippen LogP contribution in [0.25, 0.3) is 0 Å². The first-order valence-electron chi connectivity index (χ1n) is 5.39. The maximum Gasteiger partial charge on any atom is 0.0808 e. The molecule has 1 N–H and O–H groups in total. The second-order valence-electron chi connectivity index (χ2n) is 4.25. The van der Waals surface area contributed by atoms with Crippen molar-refractivity contribution in [3.05, 3.63) is 0 Å². The summed E-state index contributed by atoms with van der Waals surface area (Å²) in [4.78, 5) is 2.24. The van der Waals surface area contributed by atoms with Crippen LogP contribution in [0, 0.1) is 11.3 Å².